The van der Waals surface area contributed by atoms with Gasteiger partial charge < -0.3 is 5.32 Å². The fourth-order valence-electron chi connectivity index (χ4n) is 2.37. The Morgan fingerprint density at radius 3 is 2.75 bits per heavy atom. The maximum atomic E-state index is 12.4. The number of nitrogens with one attached hydrogen (secondary N) is 1. The van der Waals surface area contributed by atoms with Crippen LogP contribution in [0.15, 0.2) is 21.7 Å². The summed E-state index contributed by atoms with van der Waals surface area (Å²) in [6, 6.07) is 3.62. The molecule has 2 rings (SSSR count). The molecule has 0 amide bonds. The highest BCUT2D eigenvalue weighted by atomic mass is 32.2. The van der Waals surface area contributed by atoms with Crippen LogP contribution in [-0.4, -0.2) is 26.8 Å². The summed E-state index contributed by atoms with van der Waals surface area (Å²) in [7, 11) is -1.27. The number of hydrogen-bond acceptors (Lipinski definition) is 4. The molecule has 0 aliphatic heterocycles. The lowest BCUT2D eigenvalue weighted by atomic mass is 9.95. The molecule has 1 aliphatic rings. The lowest BCUT2D eigenvalue weighted by molar-refractivity contribution is 0.390. The molecule has 0 bridgehead atoms. The molecular formula is C11H17NO2S2. The Hall–Kier alpha value is -0.390. The van der Waals surface area contributed by atoms with Gasteiger partial charge in [0.15, 0.2) is 9.84 Å². The molecular weight excluding hydrogens is 242 g/mol. The molecule has 0 spiro atoms. The minimum atomic E-state index is -3.12. The summed E-state index contributed by atoms with van der Waals surface area (Å²) < 4.78 is 25.3. The quantitative estimate of drug-likeness (QED) is 0.903. The summed E-state index contributed by atoms with van der Waals surface area (Å²) in [6.45, 7) is 0. The molecule has 3 nitrogen and oxygen atoms in total. The van der Waals surface area contributed by atoms with Crippen molar-refractivity contribution in [3.63, 3.8) is 0 Å². The smallest absolute Gasteiger partial charge is 0.192 e. The van der Waals surface area contributed by atoms with Crippen molar-refractivity contribution in [1.29, 1.82) is 0 Å². The van der Waals surface area contributed by atoms with Crippen molar-refractivity contribution in [2.45, 2.75) is 41.2 Å². The fourth-order valence-corrected chi connectivity index (χ4v) is 5.64. The van der Waals surface area contributed by atoms with Crippen LogP contribution in [-0.2, 0) is 9.84 Å². The molecule has 0 radical (unpaired) electrons. The molecule has 2 unspecified atom stereocenters. The van der Waals surface area contributed by atoms with Crippen LogP contribution < -0.4 is 5.32 Å². The zero-order valence-corrected chi connectivity index (χ0v) is 11.0. The van der Waals surface area contributed by atoms with Crippen molar-refractivity contribution in [2.24, 2.45) is 0 Å². The molecule has 1 saturated carbocycles. The van der Waals surface area contributed by atoms with E-state index in [1.54, 1.807) is 12.1 Å². The Morgan fingerprint density at radius 1 is 1.38 bits per heavy atom. The maximum absolute atomic E-state index is 12.4. The van der Waals surface area contributed by atoms with Crippen LogP contribution in [0.3, 0.4) is 0 Å². The van der Waals surface area contributed by atoms with E-state index in [-0.39, 0.29) is 11.3 Å². The van der Waals surface area contributed by atoms with Crippen molar-refractivity contribution in [2.75, 3.05) is 7.05 Å². The first-order valence-electron chi connectivity index (χ1n) is 5.61. The number of rotatable bonds is 3. The first kappa shape index (κ1) is 12.1. The fraction of sp³-hybridized carbons (Fsp3) is 0.636. The van der Waals surface area contributed by atoms with Crippen LogP contribution in [0.2, 0.25) is 0 Å². The minimum Gasteiger partial charge on any atom is -0.316 e. The number of hydrogen-bond donors (Lipinski definition) is 1. The molecule has 5 heteroatoms. The summed E-state index contributed by atoms with van der Waals surface area (Å²) in [5.41, 5.74) is 0. The first-order valence-corrected chi connectivity index (χ1v) is 8.03. The molecule has 1 fully saturated rings. The van der Waals surface area contributed by atoms with E-state index >= 15 is 0 Å². The SMILES string of the molecule is CNC1CCCCC1S(=O)(=O)c1cccs1. The van der Waals surface area contributed by atoms with E-state index in [0.717, 1.165) is 25.7 Å². The molecule has 0 saturated heterocycles. The van der Waals surface area contributed by atoms with Crippen molar-refractivity contribution in [1.82, 2.24) is 5.32 Å². The Balaban J connectivity index is 2.28. The average molecular weight is 259 g/mol. The molecule has 0 aromatic carbocycles. The summed E-state index contributed by atoms with van der Waals surface area (Å²) in [4.78, 5) is 0. The van der Waals surface area contributed by atoms with Gasteiger partial charge >= 0.3 is 0 Å². The molecule has 1 aliphatic carbocycles. The number of sulfone groups is 1. The van der Waals surface area contributed by atoms with Crippen LogP contribution in [0.1, 0.15) is 25.7 Å². The first-order chi connectivity index (χ1) is 7.66. The highest BCUT2D eigenvalue weighted by molar-refractivity contribution is 7.94. The van der Waals surface area contributed by atoms with Gasteiger partial charge in [-0.15, -0.1) is 11.3 Å². The number of thiophene rings is 1. The maximum Gasteiger partial charge on any atom is 0.192 e. The van der Waals surface area contributed by atoms with Gasteiger partial charge in [0.1, 0.15) is 4.21 Å². The summed E-state index contributed by atoms with van der Waals surface area (Å²) in [5, 5.41) is 4.73. The summed E-state index contributed by atoms with van der Waals surface area (Å²) >= 11 is 1.32. The van der Waals surface area contributed by atoms with E-state index in [4.69, 9.17) is 0 Å². The Labute approximate surface area is 101 Å². The van der Waals surface area contributed by atoms with Crippen LogP contribution in [0, 0.1) is 0 Å². The van der Waals surface area contributed by atoms with Gasteiger partial charge in [0.2, 0.25) is 0 Å². The molecule has 1 aromatic heterocycles. The van der Waals surface area contributed by atoms with Gasteiger partial charge in [-0.25, -0.2) is 8.42 Å². The van der Waals surface area contributed by atoms with E-state index < -0.39 is 9.84 Å². The van der Waals surface area contributed by atoms with E-state index in [9.17, 15) is 8.42 Å². The highest BCUT2D eigenvalue weighted by Crippen LogP contribution is 2.30. The van der Waals surface area contributed by atoms with Gasteiger partial charge in [0.25, 0.3) is 0 Å². The zero-order valence-electron chi connectivity index (χ0n) is 9.35. The second kappa shape index (κ2) is 4.85. The standard InChI is InChI=1S/C11H17NO2S2/c1-12-9-5-2-3-6-10(9)16(13,14)11-7-4-8-15-11/h4,7-10,12H,2-3,5-6H2,1H3. The summed E-state index contributed by atoms with van der Waals surface area (Å²) in [6.07, 6.45) is 3.90. The van der Waals surface area contributed by atoms with E-state index in [1.165, 1.54) is 11.3 Å². The minimum absolute atomic E-state index is 0.112. The van der Waals surface area contributed by atoms with Crippen molar-refractivity contribution < 1.29 is 8.42 Å². The Kier molecular flexibility index (Phi) is 3.66. The van der Waals surface area contributed by atoms with Crippen molar-refractivity contribution >= 4 is 21.2 Å². The summed E-state index contributed by atoms with van der Waals surface area (Å²) in [5.74, 6) is 0. The predicted octanol–water partition coefficient (Wildman–Crippen LogP) is 2.05. The Morgan fingerprint density at radius 2 is 2.12 bits per heavy atom. The van der Waals surface area contributed by atoms with Gasteiger partial charge in [-0.05, 0) is 31.3 Å². The molecule has 2 atom stereocenters. The van der Waals surface area contributed by atoms with Crippen LogP contribution in [0.25, 0.3) is 0 Å². The highest BCUT2D eigenvalue weighted by Gasteiger charge is 2.36. The lowest BCUT2D eigenvalue weighted by Crippen LogP contribution is -2.44. The van der Waals surface area contributed by atoms with Gasteiger partial charge in [-0.3, -0.25) is 0 Å². The van der Waals surface area contributed by atoms with E-state index in [2.05, 4.69) is 5.32 Å². The van der Waals surface area contributed by atoms with Crippen LogP contribution >= 0.6 is 11.3 Å². The molecule has 1 heterocycles. The van der Waals surface area contributed by atoms with Gasteiger partial charge in [0.05, 0.1) is 5.25 Å². The van der Waals surface area contributed by atoms with E-state index in [1.807, 2.05) is 12.4 Å². The average Bonchev–Trinajstić information content (AvgIpc) is 2.83. The predicted molar refractivity (Wildman–Crippen MR) is 66.6 cm³/mol. The van der Waals surface area contributed by atoms with Crippen molar-refractivity contribution in [3.05, 3.63) is 17.5 Å². The normalized spacial score (nSPS) is 26.8. The second-order valence-corrected chi connectivity index (χ2v) is 7.54. The monoisotopic (exact) mass is 259 g/mol. The second-order valence-electron chi connectivity index (χ2n) is 4.20. The van der Waals surface area contributed by atoms with Gasteiger partial charge in [-0.1, -0.05) is 18.9 Å². The van der Waals surface area contributed by atoms with E-state index in [0.29, 0.717) is 4.21 Å². The third-order valence-corrected chi connectivity index (χ3v) is 6.95. The topological polar surface area (TPSA) is 46.2 Å². The molecule has 1 N–H and O–H groups in total. The molecule has 1 aromatic rings. The molecule has 16 heavy (non-hydrogen) atoms. The van der Waals surface area contributed by atoms with Crippen molar-refractivity contribution in [3.8, 4) is 0 Å². The van der Waals surface area contributed by atoms with Crippen LogP contribution in [0.4, 0.5) is 0 Å². The third-order valence-electron chi connectivity index (χ3n) is 3.25. The largest absolute Gasteiger partial charge is 0.316 e. The van der Waals surface area contributed by atoms with Gasteiger partial charge in [-0.2, -0.15) is 0 Å². The molecule has 90 valence electrons. The van der Waals surface area contributed by atoms with Crippen LogP contribution in [0.5, 0.6) is 0 Å². The Bertz CT molecular complexity index is 425. The zero-order chi connectivity index (χ0) is 11.6. The lowest BCUT2D eigenvalue weighted by Gasteiger charge is -2.30. The van der Waals surface area contributed by atoms with Gasteiger partial charge in [0, 0.05) is 6.04 Å². The third kappa shape index (κ3) is 2.17.